The molecule has 1 rings (SSSR count). The van der Waals surface area contributed by atoms with Crippen LogP contribution in [0.1, 0.15) is 54.4 Å². The van der Waals surface area contributed by atoms with E-state index >= 15 is 0 Å². The number of nitrogens with one attached hydrogen (secondary N) is 1. The Kier molecular flexibility index (Phi) is 7.20. The molecule has 0 bridgehead atoms. The molecule has 0 aromatic heterocycles. The molecule has 1 fully saturated rings. The van der Waals surface area contributed by atoms with E-state index in [9.17, 15) is 0 Å². The van der Waals surface area contributed by atoms with Gasteiger partial charge < -0.3 is 10.2 Å². The molecule has 1 aliphatic heterocycles. The van der Waals surface area contributed by atoms with Crippen molar-refractivity contribution in [2.45, 2.75) is 66.0 Å². The van der Waals surface area contributed by atoms with Gasteiger partial charge in [0.1, 0.15) is 0 Å². The molecule has 0 radical (unpaired) electrons. The molecule has 92 valence electrons. The highest BCUT2D eigenvalue weighted by Crippen LogP contribution is 2.13. The first-order valence-corrected chi connectivity index (χ1v) is 6.51. The van der Waals surface area contributed by atoms with Gasteiger partial charge in [0.05, 0.1) is 0 Å². The molecule has 0 amide bonds. The zero-order chi connectivity index (χ0) is 11.9. The molecule has 1 aliphatic rings. The summed E-state index contributed by atoms with van der Waals surface area (Å²) in [6, 6.07) is 0.739. The smallest absolute Gasteiger partial charge is 0.00991 e. The second-order valence-electron chi connectivity index (χ2n) is 5.10. The van der Waals surface area contributed by atoms with Crippen LogP contribution in [0.4, 0.5) is 0 Å². The van der Waals surface area contributed by atoms with Crippen LogP contribution in [-0.4, -0.2) is 36.1 Å². The zero-order valence-electron chi connectivity index (χ0n) is 11.6. The topological polar surface area (TPSA) is 15.3 Å². The molecule has 0 spiro atoms. The highest BCUT2D eigenvalue weighted by molar-refractivity contribution is 4.82. The molecular weight excluding hydrogens is 184 g/mol. The van der Waals surface area contributed by atoms with E-state index in [0.29, 0.717) is 0 Å². The molecular formula is C13H30N2. The lowest BCUT2D eigenvalue weighted by Gasteiger charge is -2.35. The first kappa shape index (κ1) is 14.9. The summed E-state index contributed by atoms with van der Waals surface area (Å²) < 4.78 is 0. The second-order valence-corrected chi connectivity index (χ2v) is 5.10. The van der Waals surface area contributed by atoms with Crippen LogP contribution in [0.5, 0.6) is 0 Å². The van der Waals surface area contributed by atoms with E-state index in [0.717, 1.165) is 6.04 Å². The third-order valence-electron chi connectivity index (χ3n) is 2.67. The quantitative estimate of drug-likeness (QED) is 0.760. The van der Waals surface area contributed by atoms with Crippen molar-refractivity contribution in [1.29, 1.82) is 0 Å². The van der Waals surface area contributed by atoms with Crippen LogP contribution in [0.2, 0.25) is 0 Å². The first-order valence-electron chi connectivity index (χ1n) is 6.51. The van der Waals surface area contributed by atoms with Crippen molar-refractivity contribution in [1.82, 2.24) is 10.2 Å². The Hall–Kier alpha value is -0.0800. The molecule has 15 heavy (non-hydrogen) atoms. The maximum absolute atomic E-state index is 3.68. The summed E-state index contributed by atoms with van der Waals surface area (Å²) in [6.45, 7) is 16.7. The van der Waals surface area contributed by atoms with Crippen LogP contribution in [0.25, 0.3) is 0 Å². The van der Waals surface area contributed by atoms with Gasteiger partial charge in [0.25, 0.3) is 0 Å². The summed E-state index contributed by atoms with van der Waals surface area (Å²) in [5.74, 6) is 0. The average Bonchev–Trinajstić information content (AvgIpc) is 2.20. The van der Waals surface area contributed by atoms with E-state index in [1.165, 1.54) is 32.5 Å². The largest absolute Gasteiger partial charge is 0.309 e. The monoisotopic (exact) mass is 214 g/mol. The number of rotatable bonds is 2. The fourth-order valence-corrected chi connectivity index (χ4v) is 2.01. The number of likely N-dealkylation sites (tertiary alicyclic amines) is 1. The summed E-state index contributed by atoms with van der Waals surface area (Å²) in [5.41, 5.74) is 0.277. The normalized spacial score (nSPS) is 19.6. The fraction of sp³-hybridized carbons (Fsp3) is 1.00. The molecule has 1 saturated heterocycles. The van der Waals surface area contributed by atoms with Gasteiger partial charge in [-0.1, -0.05) is 20.8 Å². The van der Waals surface area contributed by atoms with Crippen molar-refractivity contribution < 1.29 is 0 Å². The molecule has 0 unspecified atom stereocenters. The van der Waals surface area contributed by atoms with Crippen molar-refractivity contribution in [3.63, 3.8) is 0 Å². The number of hydrogen-bond acceptors (Lipinski definition) is 2. The Bertz CT molecular complexity index is 141. The molecule has 2 nitrogen and oxygen atoms in total. The lowest BCUT2D eigenvalue weighted by atomic mass is 10.0. The SMILES string of the molecule is CC.CCN1CCC(NC(C)(C)C)CC1. The Labute approximate surface area is 96.4 Å². The Morgan fingerprint density at radius 2 is 1.60 bits per heavy atom. The van der Waals surface area contributed by atoms with Gasteiger partial charge in [-0.3, -0.25) is 0 Å². The Balaban J connectivity index is 0.000000921. The highest BCUT2D eigenvalue weighted by atomic mass is 15.1. The predicted octanol–water partition coefficient (Wildman–Crippen LogP) is 2.89. The average molecular weight is 214 g/mol. The van der Waals surface area contributed by atoms with Gasteiger partial charge in [0.2, 0.25) is 0 Å². The molecule has 2 heteroatoms. The van der Waals surface area contributed by atoms with Gasteiger partial charge in [0.15, 0.2) is 0 Å². The van der Waals surface area contributed by atoms with Crippen molar-refractivity contribution in [2.75, 3.05) is 19.6 Å². The van der Waals surface area contributed by atoms with E-state index < -0.39 is 0 Å². The van der Waals surface area contributed by atoms with E-state index in [4.69, 9.17) is 0 Å². The maximum Gasteiger partial charge on any atom is 0.00991 e. The number of nitrogens with zero attached hydrogens (tertiary/aromatic N) is 1. The lowest BCUT2D eigenvalue weighted by Crippen LogP contribution is -2.49. The van der Waals surface area contributed by atoms with Crippen LogP contribution in [0.15, 0.2) is 0 Å². The minimum absolute atomic E-state index is 0.277. The number of hydrogen-bond donors (Lipinski definition) is 1. The predicted molar refractivity (Wildman–Crippen MR) is 69.4 cm³/mol. The Morgan fingerprint density at radius 3 is 1.93 bits per heavy atom. The van der Waals surface area contributed by atoms with Gasteiger partial charge in [0, 0.05) is 11.6 Å². The third kappa shape index (κ3) is 6.91. The van der Waals surface area contributed by atoms with Crippen molar-refractivity contribution >= 4 is 0 Å². The molecule has 0 atom stereocenters. The van der Waals surface area contributed by atoms with Crippen LogP contribution in [0, 0.1) is 0 Å². The Morgan fingerprint density at radius 1 is 1.13 bits per heavy atom. The number of piperidine rings is 1. The molecule has 0 aromatic rings. The van der Waals surface area contributed by atoms with E-state index in [1.807, 2.05) is 13.8 Å². The molecule has 0 aliphatic carbocycles. The summed E-state index contributed by atoms with van der Waals surface area (Å²) >= 11 is 0. The molecule has 1 heterocycles. The molecule has 0 aromatic carbocycles. The summed E-state index contributed by atoms with van der Waals surface area (Å²) in [4.78, 5) is 2.53. The van der Waals surface area contributed by atoms with E-state index in [-0.39, 0.29) is 5.54 Å². The highest BCUT2D eigenvalue weighted by Gasteiger charge is 2.21. The van der Waals surface area contributed by atoms with Gasteiger partial charge in [-0.2, -0.15) is 0 Å². The van der Waals surface area contributed by atoms with E-state index in [2.05, 4.69) is 37.9 Å². The van der Waals surface area contributed by atoms with Gasteiger partial charge in [-0.25, -0.2) is 0 Å². The first-order chi connectivity index (χ1) is 7.01. The minimum Gasteiger partial charge on any atom is -0.309 e. The molecule has 0 saturated carbocycles. The van der Waals surface area contributed by atoms with Crippen LogP contribution < -0.4 is 5.32 Å². The molecule has 1 N–H and O–H groups in total. The standard InChI is InChI=1S/C11H24N2.C2H6/c1-5-13-8-6-10(7-9-13)12-11(2,3)4;1-2/h10,12H,5-9H2,1-4H3;1-2H3. The van der Waals surface area contributed by atoms with Gasteiger partial charge >= 0.3 is 0 Å². The van der Waals surface area contributed by atoms with Crippen molar-refractivity contribution in [2.24, 2.45) is 0 Å². The summed E-state index contributed by atoms with van der Waals surface area (Å²) in [7, 11) is 0. The van der Waals surface area contributed by atoms with Crippen LogP contribution >= 0.6 is 0 Å². The fourth-order valence-electron chi connectivity index (χ4n) is 2.01. The van der Waals surface area contributed by atoms with Crippen LogP contribution in [0.3, 0.4) is 0 Å². The van der Waals surface area contributed by atoms with Crippen molar-refractivity contribution in [3.8, 4) is 0 Å². The third-order valence-corrected chi connectivity index (χ3v) is 2.67. The summed E-state index contributed by atoms with van der Waals surface area (Å²) in [5, 5.41) is 3.68. The lowest BCUT2D eigenvalue weighted by molar-refractivity contribution is 0.188. The van der Waals surface area contributed by atoms with Gasteiger partial charge in [-0.05, 0) is 53.2 Å². The minimum atomic E-state index is 0.277. The van der Waals surface area contributed by atoms with Gasteiger partial charge in [-0.15, -0.1) is 0 Å². The zero-order valence-corrected chi connectivity index (χ0v) is 11.6. The van der Waals surface area contributed by atoms with Crippen LogP contribution in [-0.2, 0) is 0 Å². The maximum atomic E-state index is 3.68. The second kappa shape index (κ2) is 7.24. The van der Waals surface area contributed by atoms with Crippen molar-refractivity contribution in [3.05, 3.63) is 0 Å². The van der Waals surface area contributed by atoms with E-state index in [1.54, 1.807) is 0 Å². The summed E-state index contributed by atoms with van der Waals surface area (Å²) in [6.07, 6.45) is 2.62.